The summed E-state index contributed by atoms with van der Waals surface area (Å²) in [6, 6.07) is 7.27. The van der Waals surface area contributed by atoms with Crippen LogP contribution in [0.2, 0.25) is 0 Å². The summed E-state index contributed by atoms with van der Waals surface area (Å²) in [5.74, 6) is 1.01. The van der Waals surface area contributed by atoms with Crippen LogP contribution in [0.1, 0.15) is 36.2 Å². The SMILES string of the molecule is CNC(=O)c1ccc(CNC(=O)N2CC(C)CC(C)C2)cc1. The lowest BCUT2D eigenvalue weighted by molar-refractivity contribution is 0.0963. The molecule has 0 aliphatic carbocycles. The number of likely N-dealkylation sites (tertiary alicyclic amines) is 1. The van der Waals surface area contributed by atoms with Crippen molar-refractivity contribution in [1.29, 1.82) is 0 Å². The highest BCUT2D eigenvalue weighted by atomic mass is 16.2. The van der Waals surface area contributed by atoms with Gasteiger partial charge in [-0.25, -0.2) is 4.79 Å². The summed E-state index contributed by atoms with van der Waals surface area (Å²) in [5, 5.41) is 5.55. The van der Waals surface area contributed by atoms with Gasteiger partial charge in [-0.1, -0.05) is 26.0 Å². The molecule has 1 aromatic carbocycles. The first-order valence-electron chi connectivity index (χ1n) is 7.83. The molecule has 0 radical (unpaired) electrons. The van der Waals surface area contributed by atoms with Gasteiger partial charge in [0.2, 0.25) is 0 Å². The topological polar surface area (TPSA) is 61.4 Å². The quantitative estimate of drug-likeness (QED) is 0.899. The van der Waals surface area contributed by atoms with Crippen molar-refractivity contribution in [2.45, 2.75) is 26.8 Å². The molecule has 0 bridgehead atoms. The summed E-state index contributed by atoms with van der Waals surface area (Å²) in [5.41, 5.74) is 1.61. The van der Waals surface area contributed by atoms with Crippen LogP contribution in [0.4, 0.5) is 4.79 Å². The summed E-state index contributed by atoms with van der Waals surface area (Å²) in [6.07, 6.45) is 1.19. The number of piperidine rings is 1. The van der Waals surface area contributed by atoms with Crippen molar-refractivity contribution >= 4 is 11.9 Å². The Bertz CT molecular complexity index is 517. The van der Waals surface area contributed by atoms with Crippen LogP contribution in [0.3, 0.4) is 0 Å². The maximum atomic E-state index is 12.2. The van der Waals surface area contributed by atoms with Crippen molar-refractivity contribution in [3.8, 4) is 0 Å². The largest absolute Gasteiger partial charge is 0.355 e. The van der Waals surface area contributed by atoms with Crippen LogP contribution in [0.25, 0.3) is 0 Å². The van der Waals surface area contributed by atoms with E-state index in [1.165, 1.54) is 6.42 Å². The van der Waals surface area contributed by atoms with Gasteiger partial charge in [0.25, 0.3) is 5.91 Å². The first kappa shape index (κ1) is 16.3. The van der Waals surface area contributed by atoms with E-state index in [9.17, 15) is 9.59 Å². The average Bonchev–Trinajstić information content (AvgIpc) is 2.51. The number of hydrogen-bond acceptors (Lipinski definition) is 2. The highest BCUT2D eigenvalue weighted by molar-refractivity contribution is 5.93. The Kier molecular flexibility index (Phi) is 5.41. The van der Waals surface area contributed by atoms with Crippen LogP contribution < -0.4 is 10.6 Å². The second-order valence-electron chi connectivity index (χ2n) is 6.29. The molecule has 5 nitrogen and oxygen atoms in total. The molecule has 1 fully saturated rings. The van der Waals surface area contributed by atoms with Crippen molar-refractivity contribution in [1.82, 2.24) is 15.5 Å². The van der Waals surface area contributed by atoms with Gasteiger partial charge in [-0.3, -0.25) is 4.79 Å². The van der Waals surface area contributed by atoms with E-state index in [-0.39, 0.29) is 11.9 Å². The van der Waals surface area contributed by atoms with E-state index < -0.39 is 0 Å². The van der Waals surface area contributed by atoms with Crippen LogP contribution >= 0.6 is 0 Å². The Morgan fingerprint density at radius 3 is 2.27 bits per heavy atom. The van der Waals surface area contributed by atoms with Gasteiger partial charge >= 0.3 is 6.03 Å². The van der Waals surface area contributed by atoms with Gasteiger partial charge in [-0.2, -0.15) is 0 Å². The fourth-order valence-corrected chi connectivity index (χ4v) is 3.04. The molecule has 2 N–H and O–H groups in total. The van der Waals surface area contributed by atoms with Crippen LogP contribution in [0, 0.1) is 11.8 Å². The van der Waals surface area contributed by atoms with Gasteiger partial charge in [0, 0.05) is 32.2 Å². The summed E-state index contributed by atoms with van der Waals surface area (Å²) in [7, 11) is 1.61. The number of rotatable bonds is 3. The Morgan fingerprint density at radius 2 is 1.73 bits per heavy atom. The summed E-state index contributed by atoms with van der Waals surface area (Å²) >= 11 is 0. The third-order valence-corrected chi connectivity index (χ3v) is 4.04. The molecule has 0 saturated carbocycles. The van der Waals surface area contributed by atoms with Gasteiger partial charge in [0.05, 0.1) is 0 Å². The van der Waals surface area contributed by atoms with Crippen LogP contribution in [0.15, 0.2) is 24.3 Å². The standard InChI is InChI=1S/C17H25N3O2/c1-12-8-13(2)11-20(10-12)17(22)19-9-14-4-6-15(7-5-14)16(21)18-3/h4-7,12-13H,8-11H2,1-3H3,(H,18,21)(H,19,22). The van der Waals surface area contributed by atoms with Gasteiger partial charge < -0.3 is 15.5 Å². The molecule has 2 atom stereocenters. The lowest BCUT2D eigenvalue weighted by Crippen LogP contribution is -2.47. The van der Waals surface area contributed by atoms with Crippen molar-refractivity contribution in [3.63, 3.8) is 0 Å². The van der Waals surface area contributed by atoms with Crippen molar-refractivity contribution in [2.75, 3.05) is 20.1 Å². The van der Waals surface area contributed by atoms with Crippen LogP contribution in [0.5, 0.6) is 0 Å². The first-order valence-corrected chi connectivity index (χ1v) is 7.83. The van der Waals surface area contributed by atoms with Gasteiger partial charge in [0.1, 0.15) is 0 Å². The van der Waals surface area contributed by atoms with Crippen molar-refractivity contribution in [2.24, 2.45) is 11.8 Å². The molecule has 2 rings (SSSR count). The zero-order chi connectivity index (χ0) is 16.1. The van der Waals surface area contributed by atoms with Crippen LogP contribution in [-0.2, 0) is 6.54 Å². The molecule has 5 heteroatoms. The number of nitrogens with one attached hydrogen (secondary N) is 2. The van der Waals surface area contributed by atoms with Gasteiger partial charge in [-0.05, 0) is 36.0 Å². The molecule has 1 aromatic rings. The fourth-order valence-electron chi connectivity index (χ4n) is 3.04. The Labute approximate surface area is 132 Å². The Balaban J connectivity index is 1.87. The number of hydrogen-bond donors (Lipinski definition) is 2. The zero-order valence-corrected chi connectivity index (χ0v) is 13.6. The minimum atomic E-state index is -0.105. The molecule has 1 aliphatic rings. The third-order valence-electron chi connectivity index (χ3n) is 4.04. The van der Waals surface area contributed by atoms with Gasteiger partial charge in [0.15, 0.2) is 0 Å². The summed E-state index contributed by atoms with van der Waals surface area (Å²) in [4.78, 5) is 25.6. The molecule has 22 heavy (non-hydrogen) atoms. The molecular weight excluding hydrogens is 278 g/mol. The maximum Gasteiger partial charge on any atom is 0.317 e. The molecule has 0 aromatic heterocycles. The molecule has 1 aliphatic heterocycles. The highest BCUT2D eigenvalue weighted by Gasteiger charge is 2.25. The van der Waals surface area contributed by atoms with Crippen LogP contribution in [-0.4, -0.2) is 37.0 Å². The molecule has 3 amide bonds. The van der Waals surface area contributed by atoms with E-state index in [1.54, 1.807) is 19.2 Å². The molecule has 0 spiro atoms. The number of benzene rings is 1. The van der Waals surface area contributed by atoms with Crippen molar-refractivity contribution < 1.29 is 9.59 Å². The first-order chi connectivity index (χ1) is 10.5. The number of amides is 3. The van der Waals surface area contributed by atoms with E-state index in [1.807, 2.05) is 17.0 Å². The smallest absolute Gasteiger partial charge is 0.317 e. The normalized spacial score (nSPS) is 21.3. The van der Waals surface area contributed by atoms with E-state index >= 15 is 0 Å². The summed E-state index contributed by atoms with van der Waals surface area (Å²) < 4.78 is 0. The van der Waals surface area contributed by atoms with E-state index in [2.05, 4.69) is 24.5 Å². The van der Waals surface area contributed by atoms with E-state index in [4.69, 9.17) is 0 Å². The number of nitrogens with zero attached hydrogens (tertiary/aromatic N) is 1. The number of carbonyl (C=O) groups excluding carboxylic acids is 2. The Morgan fingerprint density at radius 1 is 1.14 bits per heavy atom. The zero-order valence-electron chi connectivity index (χ0n) is 13.6. The molecule has 1 heterocycles. The number of carbonyl (C=O) groups is 2. The predicted molar refractivity (Wildman–Crippen MR) is 86.6 cm³/mol. The minimum Gasteiger partial charge on any atom is -0.355 e. The monoisotopic (exact) mass is 303 g/mol. The Hall–Kier alpha value is -2.04. The van der Waals surface area contributed by atoms with Gasteiger partial charge in [-0.15, -0.1) is 0 Å². The molecule has 120 valence electrons. The summed E-state index contributed by atoms with van der Waals surface area (Å²) in [6.45, 7) is 6.50. The lowest BCUT2D eigenvalue weighted by atomic mass is 9.92. The maximum absolute atomic E-state index is 12.2. The van der Waals surface area contributed by atoms with Crippen molar-refractivity contribution in [3.05, 3.63) is 35.4 Å². The average molecular weight is 303 g/mol. The number of urea groups is 1. The fraction of sp³-hybridized carbons (Fsp3) is 0.529. The van der Waals surface area contributed by atoms with E-state index in [0.29, 0.717) is 23.9 Å². The predicted octanol–water partition coefficient (Wildman–Crippen LogP) is 2.23. The highest BCUT2D eigenvalue weighted by Crippen LogP contribution is 2.20. The second kappa shape index (κ2) is 7.29. The minimum absolute atomic E-state index is 0.00576. The lowest BCUT2D eigenvalue weighted by Gasteiger charge is -2.34. The molecule has 2 unspecified atom stereocenters. The second-order valence-corrected chi connectivity index (χ2v) is 6.29. The molecule has 1 saturated heterocycles. The molecular formula is C17H25N3O2. The van der Waals surface area contributed by atoms with E-state index in [0.717, 1.165) is 18.7 Å². The third kappa shape index (κ3) is 4.23.